The fraction of sp³-hybridized carbons (Fsp3) is 0.500. The smallest absolute Gasteiger partial charge is 0.227 e. The summed E-state index contributed by atoms with van der Waals surface area (Å²) in [6.45, 7) is 6.03. The van der Waals surface area contributed by atoms with Crippen LogP contribution < -0.4 is 0 Å². The Kier molecular flexibility index (Phi) is 4.74. The Morgan fingerprint density at radius 2 is 1.96 bits per heavy atom. The Morgan fingerprint density at radius 3 is 2.65 bits per heavy atom. The molecule has 5 nitrogen and oxygen atoms in total. The number of nitrogens with zero attached hydrogens (tertiary/aromatic N) is 3. The van der Waals surface area contributed by atoms with Gasteiger partial charge >= 0.3 is 0 Å². The molecular formula is C18H23N3O2. The molecule has 3 rings (SSSR count). The van der Waals surface area contributed by atoms with Crippen LogP contribution in [0, 0.1) is 12.8 Å². The summed E-state index contributed by atoms with van der Waals surface area (Å²) < 4.78 is 5.27. The summed E-state index contributed by atoms with van der Waals surface area (Å²) in [5, 5.41) is 4.01. The Labute approximate surface area is 136 Å². The van der Waals surface area contributed by atoms with Crippen molar-refractivity contribution in [3.8, 4) is 11.4 Å². The number of aromatic nitrogens is 2. The molecule has 0 atom stereocenters. The van der Waals surface area contributed by atoms with Crippen molar-refractivity contribution in [2.45, 2.75) is 39.5 Å². The summed E-state index contributed by atoms with van der Waals surface area (Å²) >= 11 is 0. The van der Waals surface area contributed by atoms with Crippen molar-refractivity contribution < 1.29 is 9.32 Å². The zero-order valence-corrected chi connectivity index (χ0v) is 13.8. The topological polar surface area (TPSA) is 59.2 Å². The molecule has 1 aliphatic rings. The van der Waals surface area contributed by atoms with Crippen LogP contribution in [0.15, 0.2) is 28.8 Å². The summed E-state index contributed by atoms with van der Waals surface area (Å²) in [4.78, 5) is 18.6. The molecule has 0 N–H and O–H groups in total. The predicted octanol–water partition coefficient (Wildman–Crippen LogP) is 3.24. The molecule has 122 valence electrons. The minimum atomic E-state index is 0.187. The number of benzene rings is 1. The largest absolute Gasteiger partial charge is 0.343 e. The zero-order chi connectivity index (χ0) is 16.2. The molecule has 0 aliphatic carbocycles. The van der Waals surface area contributed by atoms with Crippen molar-refractivity contribution in [3.63, 3.8) is 0 Å². The molecule has 0 bridgehead atoms. The van der Waals surface area contributed by atoms with Gasteiger partial charge in [-0.05, 0) is 25.7 Å². The average molecular weight is 313 g/mol. The lowest BCUT2D eigenvalue weighted by atomic mass is 9.99. The summed E-state index contributed by atoms with van der Waals surface area (Å²) in [7, 11) is 0. The quantitative estimate of drug-likeness (QED) is 0.869. The monoisotopic (exact) mass is 313 g/mol. The van der Waals surface area contributed by atoms with Crippen molar-refractivity contribution in [3.05, 3.63) is 35.7 Å². The van der Waals surface area contributed by atoms with Gasteiger partial charge < -0.3 is 9.42 Å². The van der Waals surface area contributed by atoms with Gasteiger partial charge in [0.1, 0.15) is 0 Å². The Balaban J connectivity index is 1.55. The fourth-order valence-electron chi connectivity index (χ4n) is 2.81. The number of hydrogen-bond acceptors (Lipinski definition) is 4. The van der Waals surface area contributed by atoms with E-state index in [2.05, 4.69) is 17.1 Å². The standard InChI is InChI=1S/C18H23N3O2/c1-13-3-5-15(6-4-13)18-19-16(23-20-18)7-8-17(22)21-11-9-14(2)10-12-21/h3-6,14H,7-12H2,1-2H3. The second-order valence-electron chi connectivity index (χ2n) is 6.44. The fourth-order valence-corrected chi connectivity index (χ4v) is 2.81. The van der Waals surface area contributed by atoms with E-state index in [1.807, 2.05) is 36.1 Å². The lowest BCUT2D eigenvalue weighted by Gasteiger charge is -2.30. The second-order valence-corrected chi connectivity index (χ2v) is 6.44. The van der Waals surface area contributed by atoms with Crippen LogP contribution in [0.2, 0.25) is 0 Å². The first-order chi connectivity index (χ1) is 11.1. The van der Waals surface area contributed by atoms with Gasteiger partial charge in [-0.3, -0.25) is 4.79 Å². The van der Waals surface area contributed by atoms with Gasteiger partial charge in [-0.15, -0.1) is 0 Å². The van der Waals surface area contributed by atoms with Crippen molar-refractivity contribution >= 4 is 5.91 Å². The molecule has 1 fully saturated rings. The van der Waals surface area contributed by atoms with Crippen molar-refractivity contribution in [2.75, 3.05) is 13.1 Å². The molecular weight excluding hydrogens is 290 g/mol. The van der Waals surface area contributed by atoms with Crippen molar-refractivity contribution in [1.82, 2.24) is 15.0 Å². The maximum Gasteiger partial charge on any atom is 0.227 e. The lowest BCUT2D eigenvalue weighted by Crippen LogP contribution is -2.38. The van der Waals surface area contributed by atoms with Crippen LogP contribution in [0.3, 0.4) is 0 Å². The van der Waals surface area contributed by atoms with Crippen LogP contribution in [0.5, 0.6) is 0 Å². The molecule has 1 amide bonds. The predicted molar refractivity (Wildman–Crippen MR) is 87.8 cm³/mol. The number of likely N-dealkylation sites (tertiary alicyclic amines) is 1. The van der Waals surface area contributed by atoms with Gasteiger partial charge in [-0.2, -0.15) is 4.98 Å². The molecule has 23 heavy (non-hydrogen) atoms. The third-order valence-electron chi connectivity index (χ3n) is 4.47. The minimum absolute atomic E-state index is 0.187. The third kappa shape index (κ3) is 3.97. The van der Waals surface area contributed by atoms with Crippen LogP contribution in [0.4, 0.5) is 0 Å². The summed E-state index contributed by atoms with van der Waals surface area (Å²) in [5.41, 5.74) is 2.13. The highest BCUT2D eigenvalue weighted by Crippen LogP contribution is 2.19. The number of rotatable bonds is 4. The molecule has 0 radical (unpaired) electrons. The zero-order valence-electron chi connectivity index (χ0n) is 13.8. The minimum Gasteiger partial charge on any atom is -0.343 e. The van der Waals surface area contributed by atoms with E-state index in [-0.39, 0.29) is 5.91 Å². The highest BCUT2D eigenvalue weighted by atomic mass is 16.5. The highest BCUT2D eigenvalue weighted by molar-refractivity contribution is 5.76. The van der Waals surface area contributed by atoms with E-state index in [9.17, 15) is 4.79 Å². The SMILES string of the molecule is Cc1ccc(-c2noc(CCC(=O)N3CCC(C)CC3)n2)cc1. The number of carbonyl (C=O) groups excluding carboxylic acids is 1. The summed E-state index contributed by atoms with van der Waals surface area (Å²) in [6.07, 6.45) is 3.14. The van der Waals surface area contributed by atoms with Crippen LogP contribution in [-0.2, 0) is 11.2 Å². The van der Waals surface area contributed by atoms with E-state index in [1.54, 1.807) is 0 Å². The normalized spacial score (nSPS) is 15.8. The Morgan fingerprint density at radius 1 is 1.26 bits per heavy atom. The second kappa shape index (κ2) is 6.94. The first kappa shape index (κ1) is 15.7. The highest BCUT2D eigenvalue weighted by Gasteiger charge is 2.20. The molecule has 1 aromatic heterocycles. The van der Waals surface area contributed by atoms with Gasteiger partial charge in [0.05, 0.1) is 0 Å². The van der Waals surface area contributed by atoms with Gasteiger partial charge in [0, 0.05) is 31.5 Å². The van der Waals surface area contributed by atoms with Crippen LogP contribution in [0.1, 0.15) is 37.6 Å². The van der Waals surface area contributed by atoms with Gasteiger partial charge in [0.25, 0.3) is 0 Å². The third-order valence-corrected chi connectivity index (χ3v) is 4.47. The first-order valence-electron chi connectivity index (χ1n) is 8.29. The number of amides is 1. The Bertz CT molecular complexity index is 655. The van der Waals surface area contributed by atoms with Crippen LogP contribution in [-0.4, -0.2) is 34.0 Å². The van der Waals surface area contributed by atoms with Crippen molar-refractivity contribution in [2.24, 2.45) is 5.92 Å². The van der Waals surface area contributed by atoms with E-state index >= 15 is 0 Å². The van der Waals surface area contributed by atoms with Crippen LogP contribution in [0.25, 0.3) is 11.4 Å². The van der Waals surface area contributed by atoms with E-state index in [4.69, 9.17) is 4.52 Å². The maximum absolute atomic E-state index is 12.2. The molecule has 0 unspecified atom stereocenters. The molecule has 1 aromatic carbocycles. The number of piperidine rings is 1. The van der Waals surface area contributed by atoms with E-state index in [0.717, 1.165) is 37.4 Å². The summed E-state index contributed by atoms with van der Waals surface area (Å²) in [6, 6.07) is 7.99. The van der Waals surface area contributed by atoms with Gasteiger partial charge in [-0.25, -0.2) is 0 Å². The number of aryl methyl sites for hydroxylation is 2. The number of hydrogen-bond donors (Lipinski definition) is 0. The van der Waals surface area contributed by atoms with E-state index < -0.39 is 0 Å². The maximum atomic E-state index is 12.2. The van der Waals surface area contributed by atoms with Crippen molar-refractivity contribution in [1.29, 1.82) is 0 Å². The molecule has 0 saturated carbocycles. The van der Waals surface area contributed by atoms with E-state index in [1.165, 1.54) is 5.56 Å². The summed E-state index contributed by atoms with van der Waals surface area (Å²) in [5.74, 6) is 2.03. The molecule has 1 aliphatic heterocycles. The molecule has 1 saturated heterocycles. The Hall–Kier alpha value is -2.17. The van der Waals surface area contributed by atoms with Gasteiger partial charge in [0.2, 0.25) is 17.6 Å². The van der Waals surface area contributed by atoms with Crippen LogP contribution >= 0.6 is 0 Å². The first-order valence-corrected chi connectivity index (χ1v) is 8.29. The molecule has 2 heterocycles. The number of carbonyl (C=O) groups is 1. The molecule has 5 heteroatoms. The lowest BCUT2D eigenvalue weighted by molar-refractivity contribution is -0.132. The van der Waals surface area contributed by atoms with Gasteiger partial charge in [-0.1, -0.05) is 41.9 Å². The molecule has 0 spiro atoms. The van der Waals surface area contributed by atoms with Gasteiger partial charge in [0.15, 0.2) is 0 Å². The molecule has 2 aromatic rings. The average Bonchev–Trinajstić information content (AvgIpc) is 3.03. The van der Waals surface area contributed by atoms with E-state index in [0.29, 0.717) is 24.6 Å².